The van der Waals surface area contributed by atoms with E-state index in [9.17, 15) is 4.79 Å². The van der Waals surface area contributed by atoms with E-state index in [-0.39, 0.29) is 6.03 Å². The van der Waals surface area contributed by atoms with Crippen LogP contribution >= 0.6 is 11.3 Å². The Morgan fingerprint density at radius 3 is 2.55 bits per heavy atom. The predicted molar refractivity (Wildman–Crippen MR) is 82.1 cm³/mol. The Kier molecular flexibility index (Phi) is 3.69. The molecule has 1 aliphatic heterocycles. The summed E-state index contributed by atoms with van der Waals surface area (Å²) < 4.78 is 0. The van der Waals surface area contributed by atoms with E-state index in [1.54, 1.807) is 11.3 Å². The van der Waals surface area contributed by atoms with Crippen molar-refractivity contribution in [1.82, 2.24) is 9.88 Å². The number of benzene rings is 1. The van der Waals surface area contributed by atoms with Crippen LogP contribution in [-0.4, -0.2) is 29.0 Å². The van der Waals surface area contributed by atoms with E-state index in [2.05, 4.69) is 10.3 Å². The molecule has 2 heterocycles. The average molecular weight is 287 g/mol. The number of aromatic nitrogens is 1. The summed E-state index contributed by atoms with van der Waals surface area (Å²) in [4.78, 5) is 18.3. The third-order valence-electron chi connectivity index (χ3n) is 3.44. The Hall–Kier alpha value is -1.88. The Balaban J connectivity index is 1.68. The molecule has 1 aliphatic rings. The van der Waals surface area contributed by atoms with Crippen molar-refractivity contribution in [3.05, 3.63) is 34.7 Å². The molecular weight excluding hydrogens is 270 g/mol. The van der Waals surface area contributed by atoms with Gasteiger partial charge in [0.1, 0.15) is 0 Å². The second kappa shape index (κ2) is 5.63. The quantitative estimate of drug-likeness (QED) is 0.914. The van der Waals surface area contributed by atoms with Gasteiger partial charge >= 0.3 is 6.03 Å². The topological polar surface area (TPSA) is 45.2 Å². The lowest BCUT2D eigenvalue weighted by atomic mass is 10.1. The van der Waals surface area contributed by atoms with Gasteiger partial charge in [0.05, 0.1) is 10.7 Å². The first kappa shape index (κ1) is 13.1. The zero-order valence-electron chi connectivity index (χ0n) is 11.4. The zero-order valence-corrected chi connectivity index (χ0v) is 12.2. The molecule has 104 valence electrons. The number of nitrogens with zero attached hydrogens (tertiary/aromatic N) is 2. The third-order valence-corrected chi connectivity index (χ3v) is 4.22. The number of anilines is 1. The Morgan fingerprint density at radius 2 is 1.95 bits per heavy atom. The van der Waals surface area contributed by atoms with Gasteiger partial charge in [-0.2, -0.15) is 0 Å². The van der Waals surface area contributed by atoms with Crippen LogP contribution in [0.25, 0.3) is 11.3 Å². The highest BCUT2D eigenvalue weighted by molar-refractivity contribution is 7.09. The number of carbonyl (C=O) groups excluding carboxylic acids is 1. The maximum absolute atomic E-state index is 12.0. The van der Waals surface area contributed by atoms with Crippen molar-refractivity contribution in [1.29, 1.82) is 0 Å². The van der Waals surface area contributed by atoms with E-state index >= 15 is 0 Å². The largest absolute Gasteiger partial charge is 0.325 e. The number of likely N-dealkylation sites (tertiary alicyclic amines) is 1. The summed E-state index contributed by atoms with van der Waals surface area (Å²) in [7, 11) is 0. The minimum Gasteiger partial charge on any atom is -0.325 e. The molecule has 0 spiro atoms. The Morgan fingerprint density at radius 1 is 1.25 bits per heavy atom. The lowest BCUT2D eigenvalue weighted by molar-refractivity contribution is 0.222. The van der Waals surface area contributed by atoms with Crippen molar-refractivity contribution in [3.8, 4) is 11.3 Å². The van der Waals surface area contributed by atoms with Gasteiger partial charge in [-0.3, -0.25) is 0 Å². The summed E-state index contributed by atoms with van der Waals surface area (Å²) in [6, 6.07) is 7.85. The van der Waals surface area contributed by atoms with Crippen LogP contribution in [0.4, 0.5) is 10.5 Å². The highest BCUT2D eigenvalue weighted by Gasteiger charge is 2.17. The van der Waals surface area contributed by atoms with E-state index in [1.165, 1.54) is 0 Å². The second-order valence-corrected chi connectivity index (χ2v) is 6.02. The normalized spacial score (nSPS) is 14.6. The molecular formula is C15H17N3OS. The first-order valence-electron chi connectivity index (χ1n) is 6.81. The molecule has 20 heavy (non-hydrogen) atoms. The van der Waals surface area contributed by atoms with Gasteiger partial charge in [0.25, 0.3) is 0 Å². The first-order valence-corrected chi connectivity index (χ1v) is 7.69. The van der Waals surface area contributed by atoms with Gasteiger partial charge in [0.2, 0.25) is 0 Å². The number of carbonyl (C=O) groups is 1. The van der Waals surface area contributed by atoms with Gasteiger partial charge in [0, 0.05) is 29.7 Å². The van der Waals surface area contributed by atoms with Crippen molar-refractivity contribution in [2.75, 3.05) is 18.4 Å². The maximum Gasteiger partial charge on any atom is 0.321 e. The molecule has 3 rings (SSSR count). The fourth-order valence-corrected chi connectivity index (χ4v) is 2.97. The molecule has 0 saturated carbocycles. The van der Waals surface area contributed by atoms with Crippen LogP contribution in [0, 0.1) is 6.92 Å². The molecule has 1 saturated heterocycles. The van der Waals surface area contributed by atoms with Crippen molar-refractivity contribution in [3.63, 3.8) is 0 Å². The zero-order chi connectivity index (χ0) is 13.9. The number of thiazole rings is 1. The van der Waals surface area contributed by atoms with Crippen molar-refractivity contribution in [2.45, 2.75) is 19.8 Å². The summed E-state index contributed by atoms with van der Waals surface area (Å²) in [5.74, 6) is 0. The fraction of sp³-hybridized carbons (Fsp3) is 0.333. The molecule has 0 bridgehead atoms. The molecule has 1 N–H and O–H groups in total. The summed E-state index contributed by atoms with van der Waals surface area (Å²) in [6.45, 7) is 3.73. The Labute approximate surface area is 122 Å². The molecule has 2 aromatic rings. The van der Waals surface area contributed by atoms with Gasteiger partial charge in [0.15, 0.2) is 0 Å². The van der Waals surface area contributed by atoms with E-state index in [4.69, 9.17) is 0 Å². The fourth-order valence-electron chi connectivity index (χ4n) is 2.34. The van der Waals surface area contributed by atoms with Gasteiger partial charge in [-0.1, -0.05) is 12.1 Å². The van der Waals surface area contributed by atoms with Gasteiger partial charge in [-0.25, -0.2) is 9.78 Å². The summed E-state index contributed by atoms with van der Waals surface area (Å²) >= 11 is 1.64. The smallest absolute Gasteiger partial charge is 0.321 e. The highest BCUT2D eigenvalue weighted by atomic mass is 32.1. The molecule has 1 aromatic heterocycles. The van der Waals surface area contributed by atoms with Crippen LogP contribution in [0.3, 0.4) is 0 Å². The van der Waals surface area contributed by atoms with Crippen LogP contribution in [0.15, 0.2) is 29.6 Å². The number of rotatable bonds is 2. The van der Waals surface area contributed by atoms with Crippen LogP contribution in [-0.2, 0) is 0 Å². The highest BCUT2D eigenvalue weighted by Crippen LogP contribution is 2.23. The second-order valence-electron chi connectivity index (χ2n) is 4.95. The molecule has 0 atom stereocenters. The molecule has 0 radical (unpaired) electrons. The van der Waals surface area contributed by atoms with E-state index in [0.29, 0.717) is 0 Å². The minimum atomic E-state index is -0.000229. The van der Waals surface area contributed by atoms with Crippen LogP contribution < -0.4 is 5.32 Å². The van der Waals surface area contributed by atoms with Crippen molar-refractivity contribution < 1.29 is 4.79 Å². The number of nitrogens with one attached hydrogen (secondary N) is 1. The molecule has 2 amide bonds. The van der Waals surface area contributed by atoms with E-state index < -0.39 is 0 Å². The lowest BCUT2D eigenvalue weighted by Crippen LogP contribution is -2.32. The Bertz CT molecular complexity index is 600. The van der Waals surface area contributed by atoms with Crippen LogP contribution in [0.5, 0.6) is 0 Å². The molecule has 1 aromatic carbocycles. The summed E-state index contributed by atoms with van der Waals surface area (Å²) in [5.41, 5.74) is 2.90. The molecule has 0 aliphatic carbocycles. The number of hydrogen-bond donors (Lipinski definition) is 1. The lowest BCUT2D eigenvalue weighted by Gasteiger charge is -2.16. The van der Waals surface area contributed by atoms with Crippen molar-refractivity contribution in [2.24, 2.45) is 0 Å². The van der Waals surface area contributed by atoms with Crippen molar-refractivity contribution >= 4 is 23.1 Å². The monoisotopic (exact) mass is 287 g/mol. The van der Waals surface area contributed by atoms with Crippen LogP contribution in [0.2, 0.25) is 0 Å². The number of hydrogen-bond acceptors (Lipinski definition) is 3. The third kappa shape index (κ3) is 2.82. The summed E-state index contributed by atoms with van der Waals surface area (Å²) in [6.07, 6.45) is 2.21. The van der Waals surface area contributed by atoms with Gasteiger partial charge < -0.3 is 10.2 Å². The van der Waals surface area contributed by atoms with Crippen LogP contribution in [0.1, 0.15) is 17.8 Å². The molecule has 5 heteroatoms. The van der Waals surface area contributed by atoms with E-state index in [0.717, 1.165) is 47.9 Å². The SMILES string of the molecule is Cc1nc(-c2ccc(NC(=O)N3CCCC3)cc2)cs1. The first-order chi connectivity index (χ1) is 9.72. The standard InChI is InChI=1S/C15H17N3OS/c1-11-16-14(10-20-11)12-4-6-13(7-5-12)17-15(19)18-8-2-3-9-18/h4-7,10H,2-3,8-9H2,1H3,(H,17,19). The number of aryl methyl sites for hydroxylation is 1. The minimum absolute atomic E-state index is 0.000229. The molecule has 4 nitrogen and oxygen atoms in total. The van der Waals surface area contributed by atoms with Gasteiger partial charge in [-0.05, 0) is 31.9 Å². The molecule has 1 fully saturated rings. The average Bonchev–Trinajstić information content (AvgIpc) is 3.10. The maximum atomic E-state index is 12.0. The van der Waals surface area contributed by atoms with Gasteiger partial charge in [-0.15, -0.1) is 11.3 Å². The molecule has 0 unspecified atom stereocenters. The number of amides is 2. The predicted octanol–water partition coefficient (Wildman–Crippen LogP) is 3.75. The summed E-state index contributed by atoms with van der Waals surface area (Å²) in [5, 5.41) is 6.05. The van der Waals surface area contributed by atoms with E-state index in [1.807, 2.05) is 41.5 Å². The number of urea groups is 1.